The Morgan fingerprint density at radius 3 is 0.878 bits per heavy atom. The van der Waals surface area contributed by atoms with E-state index in [0.717, 1.165) is 186 Å². The summed E-state index contributed by atoms with van der Waals surface area (Å²) in [5, 5.41) is 10.6. The van der Waals surface area contributed by atoms with Crippen LogP contribution in [0.1, 0.15) is 336 Å². The third-order valence-electron chi connectivity index (χ3n) is 16.3. The maximum Gasteiger partial charge on any atom is 0.472 e. The van der Waals surface area contributed by atoms with Gasteiger partial charge in [-0.1, -0.05) is 280 Å². The molecule has 0 spiro atoms. The van der Waals surface area contributed by atoms with Crippen LogP contribution < -0.4 is 0 Å². The van der Waals surface area contributed by atoms with Crippen LogP contribution in [0.3, 0.4) is 0 Å². The molecule has 0 aromatic heterocycles. The lowest BCUT2D eigenvalue weighted by Gasteiger charge is -2.21. The largest absolute Gasteiger partial charge is 0.472 e. The minimum absolute atomic E-state index is 0.0774. The molecule has 0 aromatic rings. The number of phosphoric acid groups is 2. The van der Waals surface area contributed by atoms with Crippen molar-refractivity contribution >= 4 is 39.5 Å². The van der Waals surface area contributed by atoms with Crippen LogP contribution >= 0.6 is 15.6 Å². The van der Waals surface area contributed by atoms with Gasteiger partial charge in [0.2, 0.25) is 0 Å². The second-order valence-electron chi connectivity index (χ2n) is 25.9. The zero-order chi connectivity index (χ0) is 71.8. The van der Waals surface area contributed by atoms with E-state index in [-0.39, 0.29) is 25.7 Å². The van der Waals surface area contributed by atoms with Gasteiger partial charge in [-0.15, -0.1) is 0 Å². The molecule has 5 atom stereocenters. The molecular weight excluding hydrogens is 1280 g/mol. The van der Waals surface area contributed by atoms with Crippen LogP contribution in [0, 0.1) is 0 Å². The van der Waals surface area contributed by atoms with Crippen molar-refractivity contribution in [3.8, 4) is 0 Å². The lowest BCUT2D eigenvalue weighted by molar-refractivity contribution is -0.161. The summed E-state index contributed by atoms with van der Waals surface area (Å²) in [7, 11) is -9.95. The van der Waals surface area contributed by atoms with Crippen molar-refractivity contribution in [3.63, 3.8) is 0 Å². The van der Waals surface area contributed by atoms with Crippen molar-refractivity contribution < 1.29 is 80.2 Å². The van der Waals surface area contributed by atoms with E-state index in [9.17, 15) is 43.2 Å². The highest BCUT2D eigenvalue weighted by atomic mass is 31.2. The summed E-state index contributed by atoms with van der Waals surface area (Å²) in [4.78, 5) is 72.9. The molecule has 0 saturated carbocycles. The molecule has 0 aromatic carbocycles. The Morgan fingerprint density at radius 2 is 0.551 bits per heavy atom. The Kier molecular flexibility index (Phi) is 68.9. The van der Waals surface area contributed by atoms with Gasteiger partial charge >= 0.3 is 39.5 Å². The number of aliphatic hydroxyl groups excluding tert-OH is 1. The lowest BCUT2D eigenvalue weighted by atomic mass is 10.0. The van der Waals surface area contributed by atoms with Crippen LogP contribution in [0.4, 0.5) is 0 Å². The van der Waals surface area contributed by atoms with Gasteiger partial charge in [0.05, 0.1) is 26.4 Å². The van der Waals surface area contributed by atoms with E-state index in [2.05, 4.69) is 113 Å². The van der Waals surface area contributed by atoms with Crippen molar-refractivity contribution in [1.29, 1.82) is 0 Å². The predicted molar refractivity (Wildman–Crippen MR) is 399 cm³/mol. The van der Waals surface area contributed by atoms with E-state index in [4.69, 9.17) is 37.0 Å². The van der Waals surface area contributed by atoms with Crippen LogP contribution in [0.25, 0.3) is 0 Å². The number of ether oxygens (including phenoxy) is 4. The zero-order valence-electron chi connectivity index (χ0n) is 62.0. The predicted octanol–water partition coefficient (Wildman–Crippen LogP) is 22.2. The van der Waals surface area contributed by atoms with Crippen molar-refractivity contribution in [2.45, 2.75) is 354 Å². The van der Waals surface area contributed by atoms with Gasteiger partial charge in [0.15, 0.2) is 12.2 Å². The maximum absolute atomic E-state index is 13.1. The molecule has 0 aliphatic rings. The standard InChI is InChI=1S/C79H140O17P2/c1-5-9-13-17-21-25-29-33-35-36-38-42-44-48-52-56-60-64-77(82)90-70-75(96-79(84)66-62-58-54-50-46-40-32-28-24-20-16-12-8-4)72-94-98(87,88)92-68-73(80)67-91-97(85,86)93-71-74(95-78(83)65-61-57-53-49-45-39-31-27-23-19-15-11-7-3)69-89-76(81)63-59-55-51-47-43-41-37-34-30-26-22-18-14-10-6-2/h9,13,16,20-22,25-26,28,32-35,37,73-75,80H,5-8,10-12,14-15,17-19,23-24,27,29-31,36,38-72H2,1-4H3,(H,85,86)(H,87,88)/b13-9-,20-16-,25-21-,26-22-,32-28-,35-33-,37-34-. The number of carbonyl (C=O) groups is 4. The van der Waals surface area contributed by atoms with Gasteiger partial charge in [-0.25, -0.2) is 9.13 Å². The smallest absolute Gasteiger partial charge is 0.462 e. The van der Waals surface area contributed by atoms with Crippen LogP contribution in [0.15, 0.2) is 85.1 Å². The average Bonchev–Trinajstić information content (AvgIpc) is 0.969. The molecule has 0 rings (SSSR count). The van der Waals surface area contributed by atoms with Crippen LogP contribution in [0.5, 0.6) is 0 Å². The fourth-order valence-electron chi connectivity index (χ4n) is 10.4. The van der Waals surface area contributed by atoms with Gasteiger partial charge in [0, 0.05) is 25.7 Å². The monoisotopic (exact) mass is 1420 g/mol. The Labute approximate surface area is 595 Å². The molecule has 0 fully saturated rings. The first-order valence-electron chi connectivity index (χ1n) is 38.8. The first kappa shape index (κ1) is 94.2. The summed E-state index contributed by atoms with van der Waals surface area (Å²) < 4.78 is 68.5. The van der Waals surface area contributed by atoms with Gasteiger partial charge in [0.25, 0.3) is 0 Å². The van der Waals surface area contributed by atoms with Gasteiger partial charge in [-0.2, -0.15) is 0 Å². The maximum atomic E-state index is 13.1. The molecule has 0 amide bonds. The Balaban J connectivity index is 5.33. The van der Waals surface area contributed by atoms with Crippen molar-refractivity contribution in [2.75, 3.05) is 39.6 Å². The van der Waals surface area contributed by atoms with E-state index in [0.29, 0.717) is 25.7 Å². The molecule has 0 saturated heterocycles. The number of hydrogen-bond donors (Lipinski definition) is 3. The molecule has 0 radical (unpaired) electrons. The number of rotatable bonds is 73. The third-order valence-corrected chi connectivity index (χ3v) is 18.2. The van der Waals surface area contributed by atoms with Gasteiger partial charge in [0.1, 0.15) is 19.3 Å². The highest BCUT2D eigenvalue weighted by Gasteiger charge is 2.30. The van der Waals surface area contributed by atoms with Crippen molar-refractivity contribution in [1.82, 2.24) is 0 Å². The molecule has 0 aliphatic carbocycles. The normalized spacial score (nSPS) is 14.4. The summed E-state index contributed by atoms with van der Waals surface area (Å²) in [5.41, 5.74) is 0. The number of esters is 4. The topological polar surface area (TPSA) is 237 Å². The molecule has 5 unspecified atom stereocenters. The van der Waals surface area contributed by atoms with Crippen LogP contribution in [0.2, 0.25) is 0 Å². The van der Waals surface area contributed by atoms with E-state index in [1.54, 1.807) is 0 Å². The summed E-state index contributed by atoms with van der Waals surface area (Å²) in [5.74, 6) is -2.19. The highest BCUT2D eigenvalue weighted by Crippen LogP contribution is 2.45. The number of phosphoric ester groups is 2. The van der Waals surface area contributed by atoms with Gasteiger partial charge < -0.3 is 33.8 Å². The Hall–Kier alpha value is -3.76. The minimum atomic E-state index is -4.98. The van der Waals surface area contributed by atoms with Crippen molar-refractivity contribution in [3.05, 3.63) is 85.1 Å². The van der Waals surface area contributed by atoms with E-state index in [1.165, 1.54) is 70.6 Å². The number of unbranched alkanes of at least 4 members (excludes halogenated alkanes) is 33. The third kappa shape index (κ3) is 70.7. The molecule has 17 nitrogen and oxygen atoms in total. The summed E-state index contributed by atoms with van der Waals surface area (Å²) in [6, 6.07) is 0. The molecule has 0 aliphatic heterocycles. The Morgan fingerprint density at radius 1 is 0.296 bits per heavy atom. The van der Waals surface area contributed by atoms with Crippen molar-refractivity contribution in [2.24, 2.45) is 0 Å². The highest BCUT2D eigenvalue weighted by molar-refractivity contribution is 7.47. The summed E-state index contributed by atoms with van der Waals surface area (Å²) in [6.07, 6.45) is 72.8. The number of carbonyl (C=O) groups excluding carboxylic acids is 4. The minimum Gasteiger partial charge on any atom is -0.462 e. The Bertz CT molecular complexity index is 2190. The van der Waals surface area contributed by atoms with Crippen LogP contribution in [-0.2, 0) is 65.4 Å². The molecule has 0 bridgehead atoms. The van der Waals surface area contributed by atoms with Gasteiger partial charge in [-0.3, -0.25) is 37.3 Å². The molecular formula is C79H140O17P2. The van der Waals surface area contributed by atoms with E-state index < -0.39 is 97.5 Å². The second kappa shape index (κ2) is 71.6. The first-order chi connectivity index (χ1) is 47.7. The number of aliphatic hydroxyl groups is 1. The summed E-state index contributed by atoms with van der Waals surface area (Å²) in [6.45, 7) is 4.67. The molecule has 98 heavy (non-hydrogen) atoms. The molecule has 19 heteroatoms. The second-order valence-corrected chi connectivity index (χ2v) is 28.8. The van der Waals surface area contributed by atoms with E-state index >= 15 is 0 Å². The fourth-order valence-corrected chi connectivity index (χ4v) is 12.0. The fraction of sp³-hybridized carbons (Fsp3) is 0.772. The number of hydrogen-bond acceptors (Lipinski definition) is 15. The lowest BCUT2D eigenvalue weighted by Crippen LogP contribution is -2.30. The SMILES string of the molecule is CC/C=C\C/C=C\C/C=C\CCCCCCCCCC(=O)OCC(COP(=O)(O)OCC(O)COP(=O)(O)OCC(COC(=O)CCCCCCC/C=C\C/C=C\CCCCC)OC(=O)CCCCCCCCCCCCCCC)OC(=O)CCCCCCC/C=C\C/C=C\CCC. The average molecular weight is 1420 g/mol. The quantitative estimate of drug-likeness (QED) is 0.0169. The zero-order valence-corrected chi connectivity index (χ0v) is 63.7. The summed E-state index contributed by atoms with van der Waals surface area (Å²) >= 11 is 0. The van der Waals surface area contributed by atoms with Crippen LogP contribution in [-0.4, -0.2) is 96.7 Å². The first-order valence-corrected chi connectivity index (χ1v) is 41.8. The molecule has 0 heterocycles. The van der Waals surface area contributed by atoms with Gasteiger partial charge in [-0.05, 0) is 116 Å². The molecule has 568 valence electrons. The van der Waals surface area contributed by atoms with E-state index in [1.807, 2.05) is 0 Å². The number of allylic oxidation sites excluding steroid dienone is 14. The molecule has 3 N–H and O–H groups in total.